The van der Waals surface area contributed by atoms with Crippen LogP contribution in [0.5, 0.6) is 0 Å². The normalized spacial score (nSPS) is 10.2. The van der Waals surface area contributed by atoms with Crippen molar-refractivity contribution in [3.63, 3.8) is 0 Å². The van der Waals surface area contributed by atoms with Crippen molar-refractivity contribution in [2.24, 2.45) is 0 Å². The molecule has 0 bridgehead atoms. The molecule has 2 rings (SSSR count). The molecule has 21 heavy (non-hydrogen) atoms. The van der Waals surface area contributed by atoms with Crippen molar-refractivity contribution in [3.8, 4) is 0 Å². The summed E-state index contributed by atoms with van der Waals surface area (Å²) in [5.74, 6) is -0.253. The van der Waals surface area contributed by atoms with Gasteiger partial charge >= 0.3 is 0 Å². The zero-order valence-electron chi connectivity index (χ0n) is 12.1. The minimum absolute atomic E-state index is 0.253. The van der Waals surface area contributed by atoms with E-state index in [0.717, 1.165) is 24.2 Å². The summed E-state index contributed by atoms with van der Waals surface area (Å²) < 4.78 is 0. The highest BCUT2D eigenvalue weighted by atomic mass is 35.5. The van der Waals surface area contributed by atoms with E-state index in [1.54, 1.807) is 18.3 Å². The molecular weight excluding hydrogens is 286 g/mol. The van der Waals surface area contributed by atoms with Crippen molar-refractivity contribution < 1.29 is 4.79 Å². The number of carbonyl (C=O) groups is 1. The van der Waals surface area contributed by atoms with E-state index in [1.807, 2.05) is 25.1 Å². The highest BCUT2D eigenvalue weighted by Gasteiger charge is 2.08. The van der Waals surface area contributed by atoms with E-state index < -0.39 is 0 Å². The monoisotopic (exact) mass is 303 g/mol. The summed E-state index contributed by atoms with van der Waals surface area (Å²) in [7, 11) is 0. The molecule has 0 unspecified atom stereocenters. The summed E-state index contributed by atoms with van der Waals surface area (Å²) in [6.45, 7) is 4.89. The van der Waals surface area contributed by atoms with Gasteiger partial charge in [0, 0.05) is 17.3 Å². The molecule has 0 radical (unpaired) electrons. The lowest BCUT2D eigenvalue weighted by molar-refractivity contribution is 0.102. The number of benzene rings is 1. The third-order valence-electron chi connectivity index (χ3n) is 3.00. The Balaban J connectivity index is 2.04. The molecule has 0 fully saturated rings. The van der Waals surface area contributed by atoms with Crippen molar-refractivity contribution in [1.29, 1.82) is 0 Å². The average molecular weight is 304 g/mol. The standard InChI is InChI=1S/C16H18ClN3O/c1-3-8-18-13-6-7-15(19-10-13)16(21)20-12-5-4-11(2)14(17)9-12/h4-7,9-10,18H,3,8H2,1-2H3,(H,20,21). The van der Waals surface area contributed by atoms with Gasteiger partial charge in [0.1, 0.15) is 5.69 Å². The number of rotatable bonds is 5. The summed E-state index contributed by atoms with van der Waals surface area (Å²) in [4.78, 5) is 16.3. The van der Waals surface area contributed by atoms with Crippen molar-refractivity contribution in [1.82, 2.24) is 4.98 Å². The molecule has 0 aliphatic heterocycles. The Morgan fingerprint density at radius 2 is 2.00 bits per heavy atom. The quantitative estimate of drug-likeness (QED) is 0.873. The molecule has 0 spiro atoms. The summed E-state index contributed by atoms with van der Waals surface area (Å²) in [6, 6.07) is 8.95. The minimum atomic E-state index is -0.253. The molecule has 1 aromatic heterocycles. The summed E-state index contributed by atoms with van der Waals surface area (Å²) in [5, 5.41) is 6.62. The van der Waals surface area contributed by atoms with Crippen molar-refractivity contribution in [3.05, 3.63) is 52.8 Å². The van der Waals surface area contributed by atoms with E-state index in [0.29, 0.717) is 16.4 Å². The summed E-state index contributed by atoms with van der Waals surface area (Å²) >= 11 is 6.04. The third-order valence-corrected chi connectivity index (χ3v) is 3.41. The van der Waals surface area contributed by atoms with E-state index in [4.69, 9.17) is 11.6 Å². The van der Waals surface area contributed by atoms with Gasteiger partial charge in [0.15, 0.2) is 0 Å². The molecule has 0 saturated heterocycles. The van der Waals surface area contributed by atoms with Crippen LogP contribution in [0.2, 0.25) is 5.02 Å². The molecule has 0 saturated carbocycles. The van der Waals surface area contributed by atoms with Gasteiger partial charge in [-0.15, -0.1) is 0 Å². The molecular formula is C16H18ClN3O. The number of nitrogens with zero attached hydrogens (tertiary/aromatic N) is 1. The first-order valence-corrected chi connectivity index (χ1v) is 7.25. The van der Waals surface area contributed by atoms with Crippen LogP contribution in [-0.4, -0.2) is 17.4 Å². The highest BCUT2D eigenvalue weighted by Crippen LogP contribution is 2.20. The molecule has 0 atom stereocenters. The topological polar surface area (TPSA) is 54.0 Å². The highest BCUT2D eigenvalue weighted by molar-refractivity contribution is 6.31. The van der Waals surface area contributed by atoms with Gasteiger partial charge in [0.05, 0.1) is 11.9 Å². The molecule has 1 heterocycles. The number of carbonyl (C=O) groups excluding carboxylic acids is 1. The number of hydrogen-bond acceptors (Lipinski definition) is 3. The maximum absolute atomic E-state index is 12.1. The summed E-state index contributed by atoms with van der Waals surface area (Å²) in [5.41, 5.74) is 2.91. The van der Waals surface area contributed by atoms with Crippen LogP contribution in [0.4, 0.5) is 11.4 Å². The first-order chi connectivity index (χ1) is 10.1. The SMILES string of the molecule is CCCNc1ccc(C(=O)Nc2ccc(C)c(Cl)c2)nc1. The molecule has 2 aromatic rings. The van der Waals surface area contributed by atoms with Crippen LogP contribution in [-0.2, 0) is 0 Å². The van der Waals surface area contributed by atoms with Gasteiger partial charge in [0.25, 0.3) is 5.91 Å². The van der Waals surface area contributed by atoms with Gasteiger partial charge in [-0.05, 0) is 43.2 Å². The lowest BCUT2D eigenvalue weighted by Crippen LogP contribution is -2.13. The predicted molar refractivity (Wildman–Crippen MR) is 87.2 cm³/mol. The predicted octanol–water partition coefficient (Wildman–Crippen LogP) is 4.12. The van der Waals surface area contributed by atoms with Gasteiger partial charge in [0.2, 0.25) is 0 Å². The first kappa shape index (κ1) is 15.3. The van der Waals surface area contributed by atoms with Gasteiger partial charge in [-0.3, -0.25) is 4.79 Å². The molecule has 1 aromatic carbocycles. The fraction of sp³-hybridized carbons (Fsp3) is 0.250. The molecule has 1 amide bonds. The maximum atomic E-state index is 12.1. The second-order valence-electron chi connectivity index (χ2n) is 4.78. The molecule has 4 nitrogen and oxygen atoms in total. The van der Waals surface area contributed by atoms with E-state index in [2.05, 4.69) is 22.5 Å². The van der Waals surface area contributed by atoms with Crippen LogP contribution in [0, 0.1) is 6.92 Å². The number of aromatic nitrogens is 1. The second-order valence-corrected chi connectivity index (χ2v) is 5.18. The Labute approximate surface area is 129 Å². The zero-order valence-corrected chi connectivity index (χ0v) is 12.9. The van der Waals surface area contributed by atoms with Gasteiger partial charge in [-0.25, -0.2) is 4.98 Å². The smallest absolute Gasteiger partial charge is 0.274 e. The number of hydrogen-bond donors (Lipinski definition) is 2. The van der Waals surface area contributed by atoms with Crippen molar-refractivity contribution in [2.45, 2.75) is 20.3 Å². The zero-order chi connectivity index (χ0) is 15.2. The Morgan fingerprint density at radius 1 is 1.24 bits per heavy atom. The van der Waals surface area contributed by atoms with E-state index >= 15 is 0 Å². The van der Waals surface area contributed by atoms with Crippen LogP contribution in [0.15, 0.2) is 36.5 Å². The Hall–Kier alpha value is -2.07. The lowest BCUT2D eigenvalue weighted by atomic mass is 10.2. The third kappa shape index (κ3) is 4.20. The number of pyridine rings is 1. The minimum Gasteiger partial charge on any atom is -0.384 e. The van der Waals surface area contributed by atoms with Crippen molar-refractivity contribution in [2.75, 3.05) is 17.2 Å². The Morgan fingerprint density at radius 3 is 2.62 bits per heavy atom. The molecule has 5 heteroatoms. The number of anilines is 2. The van der Waals surface area contributed by atoms with Crippen LogP contribution in [0.25, 0.3) is 0 Å². The van der Waals surface area contributed by atoms with E-state index in [9.17, 15) is 4.79 Å². The van der Waals surface area contributed by atoms with E-state index in [1.165, 1.54) is 0 Å². The number of aryl methyl sites for hydroxylation is 1. The van der Waals surface area contributed by atoms with Crippen LogP contribution < -0.4 is 10.6 Å². The first-order valence-electron chi connectivity index (χ1n) is 6.87. The van der Waals surface area contributed by atoms with Gasteiger partial charge in [-0.1, -0.05) is 24.6 Å². The van der Waals surface area contributed by atoms with Crippen LogP contribution >= 0.6 is 11.6 Å². The van der Waals surface area contributed by atoms with Crippen molar-refractivity contribution >= 4 is 28.9 Å². The number of nitrogens with one attached hydrogen (secondary N) is 2. The molecule has 0 aliphatic carbocycles. The number of halogens is 1. The van der Waals surface area contributed by atoms with Crippen LogP contribution in [0.1, 0.15) is 29.4 Å². The molecule has 2 N–H and O–H groups in total. The largest absolute Gasteiger partial charge is 0.384 e. The average Bonchev–Trinajstić information content (AvgIpc) is 2.49. The lowest BCUT2D eigenvalue weighted by Gasteiger charge is -2.08. The fourth-order valence-electron chi connectivity index (χ4n) is 1.77. The second kappa shape index (κ2) is 7.09. The Kier molecular flexibility index (Phi) is 5.17. The molecule has 110 valence electrons. The number of amides is 1. The van der Waals surface area contributed by atoms with Gasteiger partial charge < -0.3 is 10.6 Å². The maximum Gasteiger partial charge on any atom is 0.274 e. The fourth-order valence-corrected chi connectivity index (χ4v) is 1.95. The Bertz CT molecular complexity index is 626. The molecule has 0 aliphatic rings. The van der Waals surface area contributed by atoms with Crippen LogP contribution in [0.3, 0.4) is 0 Å². The summed E-state index contributed by atoms with van der Waals surface area (Å²) in [6.07, 6.45) is 2.70. The van der Waals surface area contributed by atoms with Gasteiger partial charge in [-0.2, -0.15) is 0 Å². The van der Waals surface area contributed by atoms with E-state index in [-0.39, 0.29) is 5.91 Å².